The number of hydrogen-bond donors (Lipinski definition) is 2. The SMILES string of the molecule is Cc1nccc(NCC(C)(C)CO)n1. The molecule has 0 fully saturated rings. The van der Waals surface area contributed by atoms with Crippen molar-refractivity contribution in [2.75, 3.05) is 18.5 Å². The van der Waals surface area contributed by atoms with Gasteiger partial charge in [0.25, 0.3) is 0 Å². The van der Waals surface area contributed by atoms with Crippen LogP contribution >= 0.6 is 0 Å². The second-order valence-corrected chi connectivity index (χ2v) is 4.16. The van der Waals surface area contributed by atoms with Gasteiger partial charge < -0.3 is 10.4 Å². The first kappa shape index (κ1) is 10.9. The molecule has 0 aliphatic heterocycles. The van der Waals surface area contributed by atoms with Gasteiger partial charge in [0.2, 0.25) is 0 Å². The quantitative estimate of drug-likeness (QED) is 0.758. The number of anilines is 1. The molecule has 0 spiro atoms. The predicted octanol–water partition coefficient (Wildman–Crippen LogP) is 1.22. The molecular formula is C10H17N3O. The van der Waals surface area contributed by atoms with E-state index in [2.05, 4.69) is 15.3 Å². The third kappa shape index (κ3) is 3.30. The minimum atomic E-state index is -0.126. The van der Waals surface area contributed by atoms with E-state index in [4.69, 9.17) is 5.11 Å². The molecule has 0 unspecified atom stereocenters. The molecule has 4 heteroatoms. The van der Waals surface area contributed by atoms with Crippen molar-refractivity contribution in [2.24, 2.45) is 5.41 Å². The van der Waals surface area contributed by atoms with E-state index in [1.807, 2.05) is 26.8 Å². The Hall–Kier alpha value is -1.16. The molecule has 1 aromatic heterocycles. The average Bonchev–Trinajstić information content (AvgIpc) is 2.15. The monoisotopic (exact) mass is 195 g/mol. The van der Waals surface area contributed by atoms with Crippen LogP contribution in [0, 0.1) is 12.3 Å². The third-order valence-electron chi connectivity index (χ3n) is 1.95. The van der Waals surface area contributed by atoms with Crippen molar-refractivity contribution in [3.8, 4) is 0 Å². The van der Waals surface area contributed by atoms with Gasteiger partial charge in [0.05, 0.1) is 0 Å². The maximum absolute atomic E-state index is 9.05. The van der Waals surface area contributed by atoms with Gasteiger partial charge in [-0.3, -0.25) is 0 Å². The Balaban J connectivity index is 2.54. The number of aliphatic hydroxyl groups is 1. The molecule has 0 saturated carbocycles. The van der Waals surface area contributed by atoms with E-state index in [9.17, 15) is 0 Å². The van der Waals surface area contributed by atoms with Crippen molar-refractivity contribution in [3.63, 3.8) is 0 Å². The average molecular weight is 195 g/mol. The molecule has 4 nitrogen and oxygen atoms in total. The van der Waals surface area contributed by atoms with Crippen molar-refractivity contribution in [1.29, 1.82) is 0 Å². The van der Waals surface area contributed by atoms with Crippen molar-refractivity contribution in [2.45, 2.75) is 20.8 Å². The summed E-state index contributed by atoms with van der Waals surface area (Å²) in [5, 5.41) is 12.2. The summed E-state index contributed by atoms with van der Waals surface area (Å²) in [6, 6.07) is 1.82. The lowest BCUT2D eigenvalue weighted by Gasteiger charge is -2.22. The Kier molecular flexibility index (Phi) is 3.41. The van der Waals surface area contributed by atoms with Gasteiger partial charge >= 0.3 is 0 Å². The summed E-state index contributed by atoms with van der Waals surface area (Å²) < 4.78 is 0. The molecule has 1 rings (SSSR count). The fourth-order valence-electron chi connectivity index (χ4n) is 0.940. The normalized spacial score (nSPS) is 11.4. The predicted molar refractivity (Wildman–Crippen MR) is 56.1 cm³/mol. The number of rotatable bonds is 4. The largest absolute Gasteiger partial charge is 0.396 e. The van der Waals surface area contributed by atoms with E-state index in [1.165, 1.54) is 0 Å². The van der Waals surface area contributed by atoms with E-state index >= 15 is 0 Å². The lowest BCUT2D eigenvalue weighted by molar-refractivity contribution is 0.170. The van der Waals surface area contributed by atoms with Crippen LogP contribution in [0.1, 0.15) is 19.7 Å². The van der Waals surface area contributed by atoms with Crippen molar-refractivity contribution >= 4 is 5.82 Å². The number of aliphatic hydroxyl groups excluding tert-OH is 1. The molecule has 0 aliphatic rings. The zero-order chi connectivity index (χ0) is 10.6. The maximum atomic E-state index is 9.05. The highest BCUT2D eigenvalue weighted by Crippen LogP contribution is 2.14. The lowest BCUT2D eigenvalue weighted by Crippen LogP contribution is -2.27. The van der Waals surface area contributed by atoms with Crippen LogP contribution in [0.15, 0.2) is 12.3 Å². The molecule has 78 valence electrons. The van der Waals surface area contributed by atoms with Crippen LogP contribution in [0.4, 0.5) is 5.82 Å². The summed E-state index contributed by atoms with van der Waals surface area (Å²) in [6.45, 7) is 6.69. The van der Waals surface area contributed by atoms with Gasteiger partial charge in [0.1, 0.15) is 11.6 Å². The van der Waals surface area contributed by atoms with Crippen LogP contribution in [0.2, 0.25) is 0 Å². The maximum Gasteiger partial charge on any atom is 0.129 e. The van der Waals surface area contributed by atoms with Crippen molar-refractivity contribution in [1.82, 2.24) is 9.97 Å². The van der Waals surface area contributed by atoms with E-state index < -0.39 is 0 Å². The summed E-state index contributed by atoms with van der Waals surface area (Å²) in [7, 11) is 0. The molecule has 14 heavy (non-hydrogen) atoms. The zero-order valence-corrected chi connectivity index (χ0v) is 8.91. The van der Waals surface area contributed by atoms with Gasteiger partial charge in [-0.25, -0.2) is 9.97 Å². The van der Waals surface area contributed by atoms with Gasteiger partial charge in [0, 0.05) is 24.8 Å². The lowest BCUT2D eigenvalue weighted by atomic mass is 9.95. The molecule has 1 aromatic rings. The Bertz CT molecular complexity index is 299. The highest BCUT2D eigenvalue weighted by Gasteiger charge is 2.15. The van der Waals surface area contributed by atoms with Gasteiger partial charge in [-0.1, -0.05) is 13.8 Å². The molecule has 0 aromatic carbocycles. The molecule has 0 amide bonds. The summed E-state index contributed by atoms with van der Waals surface area (Å²) in [4.78, 5) is 8.21. The minimum Gasteiger partial charge on any atom is -0.396 e. The highest BCUT2D eigenvalue weighted by molar-refractivity contribution is 5.32. The Labute approximate surface area is 84.4 Å². The number of aryl methyl sites for hydroxylation is 1. The summed E-state index contributed by atoms with van der Waals surface area (Å²) in [5.41, 5.74) is -0.126. The molecule has 0 saturated heterocycles. The summed E-state index contributed by atoms with van der Waals surface area (Å²) in [5.74, 6) is 1.55. The highest BCUT2D eigenvalue weighted by atomic mass is 16.3. The van der Waals surface area contributed by atoms with Gasteiger partial charge in [0.15, 0.2) is 0 Å². The van der Waals surface area contributed by atoms with Gasteiger partial charge in [-0.05, 0) is 13.0 Å². The first-order chi connectivity index (χ1) is 6.53. The number of aromatic nitrogens is 2. The Morgan fingerprint density at radius 2 is 2.21 bits per heavy atom. The summed E-state index contributed by atoms with van der Waals surface area (Å²) in [6.07, 6.45) is 1.72. The minimum absolute atomic E-state index is 0.126. The van der Waals surface area contributed by atoms with E-state index in [0.29, 0.717) is 6.54 Å². The number of nitrogens with one attached hydrogen (secondary N) is 1. The van der Waals surface area contributed by atoms with Crippen LogP contribution in [0.3, 0.4) is 0 Å². The van der Waals surface area contributed by atoms with Gasteiger partial charge in [-0.2, -0.15) is 0 Å². The molecule has 0 radical (unpaired) electrons. The smallest absolute Gasteiger partial charge is 0.129 e. The van der Waals surface area contributed by atoms with Crippen LogP contribution in [0.25, 0.3) is 0 Å². The van der Waals surface area contributed by atoms with Crippen LogP contribution in [-0.4, -0.2) is 28.2 Å². The number of hydrogen-bond acceptors (Lipinski definition) is 4. The number of nitrogens with zero attached hydrogens (tertiary/aromatic N) is 2. The second-order valence-electron chi connectivity index (χ2n) is 4.16. The van der Waals surface area contributed by atoms with Gasteiger partial charge in [-0.15, -0.1) is 0 Å². The zero-order valence-electron chi connectivity index (χ0n) is 8.91. The van der Waals surface area contributed by atoms with E-state index in [-0.39, 0.29) is 12.0 Å². The second kappa shape index (κ2) is 4.37. The molecule has 0 atom stereocenters. The third-order valence-corrected chi connectivity index (χ3v) is 1.95. The first-order valence-corrected chi connectivity index (χ1v) is 4.68. The van der Waals surface area contributed by atoms with Crippen molar-refractivity contribution < 1.29 is 5.11 Å². The summed E-state index contributed by atoms with van der Waals surface area (Å²) >= 11 is 0. The fourth-order valence-corrected chi connectivity index (χ4v) is 0.940. The molecular weight excluding hydrogens is 178 g/mol. The molecule has 2 N–H and O–H groups in total. The fraction of sp³-hybridized carbons (Fsp3) is 0.600. The van der Waals surface area contributed by atoms with Crippen LogP contribution in [0.5, 0.6) is 0 Å². The first-order valence-electron chi connectivity index (χ1n) is 4.68. The topological polar surface area (TPSA) is 58.0 Å². The Morgan fingerprint density at radius 3 is 2.79 bits per heavy atom. The van der Waals surface area contributed by atoms with E-state index in [1.54, 1.807) is 6.20 Å². The molecule has 0 bridgehead atoms. The van der Waals surface area contributed by atoms with Crippen LogP contribution in [-0.2, 0) is 0 Å². The molecule has 0 aliphatic carbocycles. The van der Waals surface area contributed by atoms with Crippen molar-refractivity contribution in [3.05, 3.63) is 18.1 Å². The van der Waals surface area contributed by atoms with Crippen LogP contribution < -0.4 is 5.32 Å². The molecule has 1 heterocycles. The standard InChI is InChI=1S/C10H17N3O/c1-8-11-5-4-9(13-8)12-6-10(2,3)7-14/h4-5,14H,6-7H2,1-3H3,(H,11,12,13). The van der Waals surface area contributed by atoms with E-state index in [0.717, 1.165) is 11.6 Å². The Morgan fingerprint density at radius 1 is 1.50 bits per heavy atom.